The van der Waals surface area contributed by atoms with Gasteiger partial charge in [-0.05, 0) is 38.8 Å². The van der Waals surface area contributed by atoms with E-state index in [2.05, 4.69) is 24.2 Å². The normalized spacial score (nSPS) is 18.4. The SMILES string of the molecule is Cc1ccc(Cl)c(NC2=NC(C)(C)CCS2)c1Cl. The Morgan fingerprint density at radius 3 is 2.72 bits per heavy atom. The molecular formula is C13H16Cl2N2S. The summed E-state index contributed by atoms with van der Waals surface area (Å²) >= 11 is 14.2. The summed E-state index contributed by atoms with van der Waals surface area (Å²) in [6, 6.07) is 3.76. The summed E-state index contributed by atoms with van der Waals surface area (Å²) < 4.78 is 0. The zero-order valence-corrected chi connectivity index (χ0v) is 13.0. The number of rotatable bonds is 1. The predicted octanol–water partition coefficient (Wildman–Crippen LogP) is 4.99. The fourth-order valence-electron chi connectivity index (χ4n) is 1.70. The summed E-state index contributed by atoms with van der Waals surface area (Å²) in [5, 5.41) is 5.44. The van der Waals surface area contributed by atoms with Gasteiger partial charge in [0.1, 0.15) is 0 Å². The van der Waals surface area contributed by atoms with Crippen LogP contribution in [0.2, 0.25) is 10.0 Å². The summed E-state index contributed by atoms with van der Waals surface area (Å²) in [4.78, 5) is 4.67. The Labute approximate surface area is 122 Å². The van der Waals surface area contributed by atoms with E-state index in [4.69, 9.17) is 23.2 Å². The number of thioether (sulfide) groups is 1. The summed E-state index contributed by atoms with van der Waals surface area (Å²) in [5.74, 6) is 1.06. The van der Waals surface area contributed by atoms with Crippen molar-refractivity contribution in [1.82, 2.24) is 0 Å². The van der Waals surface area contributed by atoms with Gasteiger partial charge in [0.2, 0.25) is 0 Å². The van der Waals surface area contributed by atoms with Gasteiger partial charge in [-0.3, -0.25) is 4.99 Å². The highest BCUT2D eigenvalue weighted by atomic mass is 35.5. The van der Waals surface area contributed by atoms with E-state index in [1.807, 2.05) is 19.1 Å². The molecule has 0 saturated heterocycles. The molecule has 1 aliphatic heterocycles. The first-order valence-electron chi connectivity index (χ1n) is 5.83. The maximum absolute atomic E-state index is 6.28. The van der Waals surface area contributed by atoms with Gasteiger partial charge in [-0.2, -0.15) is 0 Å². The number of benzene rings is 1. The molecule has 98 valence electrons. The number of hydrogen-bond donors (Lipinski definition) is 1. The van der Waals surface area contributed by atoms with Crippen LogP contribution in [0.25, 0.3) is 0 Å². The van der Waals surface area contributed by atoms with Crippen LogP contribution >= 0.6 is 35.0 Å². The Hall–Kier alpha value is -0.380. The zero-order chi connectivity index (χ0) is 13.3. The largest absolute Gasteiger partial charge is 0.333 e. The summed E-state index contributed by atoms with van der Waals surface area (Å²) in [7, 11) is 0. The first-order chi connectivity index (χ1) is 8.39. The van der Waals surface area contributed by atoms with Crippen LogP contribution in [0.5, 0.6) is 0 Å². The molecule has 0 bridgehead atoms. The molecule has 0 atom stereocenters. The fourth-order valence-corrected chi connectivity index (χ4v) is 3.45. The molecule has 0 radical (unpaired) electrons. The molecule has 1 aromatic carbocycles. The number of hydrogen-bond acceptors (Lipinski definition) is 3. The third kappa shape index (κ3) is 3.14. The Kier molecular flexibility index (Phi) is 4.15. The lowest BCUT2D eigenvalue weighted by atomic mass is 10.0. The third-order valence-electron chi connectivity index (χ3n) is 2.87. The number of aliphatic imine (C=N–C) groups is 1. The van der Waals surface area contributed by atoms with E-state index in [-0.39, 0.29) is 5.54 Å². The molecule has 0 aromatic heterocycles. The first-order valence-corrected chi connectivity index (χ1v) is 7.57. The van der Waals surface area contributed by atoms with Crippen LogP contribution in [0.3, 0.4) is 0 Å². The molecule has 2 rings (SSSR count). The van der Waals surface area contributed by atoms with E-state index in [0.29, 0.717) is 10.0 Å². The van der Waals surface area contributed by atoms with Gasteiger partial charge in [0.25, 0.3) is 0 Å². The Morgan fingerprint density at radius 2 is 2.06 bits per heavy atom. The third-order valence-corrected chi connectivity index (χ3v) is 4.55. The molecule has 0 unspecified atom stereocenters. The fraction of sp³-hybridized carbons (Fsp3) is 0.462. The minimum atomic E-state index is -0.0175. The van der Waals surface area contributed by atoms with Crippen LogP contribution < -0.4 is 5.32 Å². The highest BCUT2D eigenvalue weighted by molar-refractivity contribution is 8.14. The van der Waals surface area contributed by atoms with Crippen molar-refractivity contribution in [3.05, 3.63) is 27.7 Å². The van der Waals surface area contributed by atoms with E-state index >= 15 is 0 Å². The van der Waals surface area contributed by atoms with Gasteiger partial charge in [0.15, 0.2) is 5.17 Å². The molecule has 18 heavy (non-hydrogen) atoms. The molecule has 1 aromatic rings. The van der Waals surface area contributed by atoms with Crippen molar-refractivity contribution in [2.45, 2.75) is 32.7 Å². The summed E-state index contributed by atoms with van der Waals surface area (Å²) in [6.45, 7) is 6.23. The number of aryl methyl sites for hydroxylation is 1. The van der Waals surface area contributed by atoms with Crippen LogP contribution in [0.4, 0.5) is 5.69 Å². The molecule has 2 nitrogen and oxygen atoms in total. The van der Waals surface area contributed by atoms with Gasteiger partial charge in [0, 0.05) is 5.75 Å². The molecule has 0 fully saturated rings. The average molecular weight is 303 g/mol. The zero-order valence-electron chi connectivity index (χ0n) is 10.7. The second kappa shape index (κ2) is 5.32. The summed E-state index contributed by atoms with van der Waals surface area (Å²) in [6.07, 6.45) is 1.08. The Morgan fingerprint density at radius 1 is 1.33 bits per heavy atom. The smallest absolute Gasteiger partial charge is 0.161 e. The van der Waals surface area contributed by atoms with Crippen molar-refractivity contribution >= 4 is 45.8 Å². The van der Waals surface area contributed by atoms with Crippen molar-refractivity contribution in [3.8, 4) is 0 Å². The quantitative estimate of drug-likeness (QED) is 0.790. The van der Waals surface area contributed by atoms with Crippen molar-refractivity contribution in [2.24, 2.45) is 4.99 Å². The number of nitrogens with zero attached hydrogens (tertiary/aromatic N) is 1. The van der Waals surface area contributed by atoms with Gasteiger partial charge in [-0.15, -0.1) is 0 Å². The molecule has 1 N–H and O–H groups in total. The van der Waals surface area contributed by atoms with Crippen molar-refractivity contribution in [3.63, 3.8) is 0 Å². The van der Waals surface area contributed by atoms with Gasteiger partial charge in [-0.1, -0.05) is 41.0 Å². The van der Waals surface area contributed by atoms with Gasteiger partial charge >= 0.3 is 0 Å². The van der Waals surface area contributed by atoms with Gasteiger partial charge < -0.3 is 5.32 Å². The lowest BCUT2D eigenvalue weighted by Crippen LogP contribution is -2.27. The number of anilines is 1. The van der Waals surface area contributed by atoms with E-state index in [9.17, 15) is 0 Å². The minimum absolute atomic E-state index is 0.0175. The molecule has 0 amide bonds. The highest BCUT2D eigenvalue weighted by Crippen LogP contribution is 2.35. The van der Waals surface area contributed by atoms with Gasteiger partial charge in [-0.25, -0.2) is 0 Å². The first kappa shape index (κ1) is 14.0. The van der Waals surface area contributed by atoms with Crippen molar-refractivity contribution < 1.29 is 0 Å². The molecular weight excluding hydrogens is 287 g/mol. The summed E-state index contributed by atoms with van der Waals surface area (Å²) in [5.41, 5.74) is 1.74. The number of nitrogens with one attached hydrogen (secondary N) is 1. The predicted molar refractivity (Wildman–Crippen MR) is 83.4 cm³/mol. The molecule has 1 aliphatic rings. The van der Waals surface area contributed by atoms with E-state index in [1.165, 1.54) is 0 Å². The topological polar surface area (TPSA) is 24.4 Å². The molecule has 0 aliphatic carbocycles. The van der Waals surface area contributed by atoms with Crippen LogP contribution in [-0.2, 0) is 0 Å². The highest BCUT2D eigenvalue weighted by Gasteiger charge is 2.23. The molecule has 5 heteroatoms. The number of halogens is 2. The van der Waals surface area contributed by atoms with Crippen molar-refractivity contribution in [2.75, 3.05) is 11.1 Å². The number of amidine groups is 1. The van der Waals surface area contributed by atoms with Crippen LogP contribution in [0, 0.1) is 6.92 Å². The maximum atomic E-state index is 6.28. The molecule has 0 spiro atoms. The Balaban J connectivity index is 2.30. The van der Waals surface area contributed by atoms with E-state index in [1.54, 1.807) is 11.8 Å². The standard InChI is InChI=1S/C13H16Cl2N2S/c1-8-4-5-9(14)11(10(8)15)16-12-17-13(2,3)6-7-18-12/h4-5H,6-7H2,1-3H3,(H,16,17). The van der Waals surface area contributed by atoms with Gasteiger partial charge in [0.05, 0.1) is 21.3 Å². The van der Waals surface area contributed by atoms with E-state index < -0.39 is 0 Å². The lowest BCUT2D eigenvalue weighted by molar-refractivity contribution is 0.507. The van der Waals surface area contributed by atoms with Crippen molar-refractivity contribution in [1.29, 1.82) is 0 Å². The average Bonchev–Trinajstić information content (AvgIpc) is 2.28. The lowest BCUT2D eigenvalue weighted by Gasteiger charge is -2.26. The van der Waals surface area contributed by atoms with E-state index in [0.717, 1.165) is 28.6 Å². The maximum Gasteiger partial charge on any atom is 0.161 e. The second-order valence-corrected chi connectivity index (χ2v) is 6.87. The molecule has 1 heterocycles. The van der Waals surface area contributed by atoms with Crippen LogP contribution in [0.1, 0.15) is 25.8 Å². The monoisotopic (exact) mass is 302 g/mol. The molecule has 0 saturated carbocycles. The second-order valence-electron chi connectivity index (χ2n) is 5.01. The minimum Gasteiger partial charge on any atom is -0.333 e. The van der Waals surface area contributed by atoms with Crippen LogP contribution in [-0.4, -0.2) is 16.5 Å². The van der Waals surface area contributed by atoms with Crippen LogP contribution in [0.15, 0.2) is 17.1 Å². The Bertz CT molecular complexity index is 498.